The zero-order chi connectivity index (χ0) is 25.0. The highest BCUT2D eigenvalue weighted by atomic mass is 35.5. The van der Waals surface area contributed by atoms with Gasteiger partial charge in [-0.15, -0.1) is 0 Å². The standard InChI is InChI=1S/C30H32ClNO3/c1-29(2)13-21-27(23(33)15-29)26(28-22(32-21)14-30(3,4)16-24(28)34)19-10-6-8-12-25(19)35-17-18-9-5-7-11-20(18)31/h5-12,26,32H,13-17H2,1-4H3. The van der Waals surface area contributed by atoms with Crippen LogP contribution in [0.2, 0.25) is 5.02 Å². The topological polar surface area (TPSA) is 55.4 Å². The van der Waals surface area contributed by atoms with Crippen LogP contribution in [0.25, 0.3) is 0 Å². The average Bonchev–Trinajstić information content (AvgIpc) is 2.75. The molecule has 2 aromatic rings. The quantitative estimate of drug-likeness (QED) is 0.508. The summed E-state index contributed by atoms with van der Waals surface area (Å²) in [5.41, 5.74) is 4.87. The molecule has 0 saturated carbocycles. The van der Waals surface area contributed by atoms with E-state index in [1.54, 1.807) is 0 Å². The number of allylic oxidation sites excluding steroid dienone is 4. The molecule has 1 aliphatic heterocycles. The molecule has 0 amide bonds. The summed E-state index contributed by atoms with van der Waals surface area (Å²) in [5, 5.41) is 4.22. The van der Waals surface area contributed by atoms with Crippen LogP contribution in [0.1, 0.15) is 70.4 Å². The number of benzene rings is 2. The highest BCUT2D eigenvalue weighted by molar-refractivity contribution is 6.31. The zero-order valence-corrected chi connectivity index (χ0v) is 21.6. The number of Topliss-reactive ketones (excluding diaryl/α,β-unsaturated/α-hetero) is 2. The first-order valence-electron chi connectivity index (χ1n) is 12.3. The lowest BCUT2D eigenvalue weighted by Crippen LogP contribution is -2.42. The molecule has 5 rings (SSSR count). The Hall–Kier alpha value is -2.85. The first-order chi connectivity index (χ1) is 16.5. The molecular formula is C30H32ClNO3. The third-order valence-corrected chi connectivity index (χ3v) is 7.66. The maximum Gasteiger partial charge on any atom is 0.162 e. The van der Waals surface area contributed by atoms with Crippen molar-refractivity contribution >= 4 is 23.2 Å². The monoisotopic (exact) mass is 489 g/mol. The van der Waals surface area contributed by atoms with Crippen LogP contribution in [0.3, 0.4) is 0 Å². The number of carbonyl (C=O) groups is 2. The summed E-state index contributed by atoms with van der Waals surface area (Å²) in [6.45, 7) is 8.83. The summed E-state index contributed by atoms with van der Waals surface area (Å²) in [5.74, 6) is 0.474. The molecule has 35 heavy (non-hydrogen) atoms. The lowest BCUT2D eigenvalue weighted by Gasteiger charge is -2.44. The molecule has 0 spiro atoms. The van der Waals surface area contributed by atoms with Crippen molar-refractivity contribution in [2.24, 2.45) is 10.8 Å². The molecule has 0 unspecified atom stereocenters. The second kappa shape index (κ2) is 8.67. The second-order valence-corrected chi connectivity index (χ2v) is 12.0. The van der Waals surface area contributed by atoms with Crippen molar-refractivity contribution in [2.75, 3.05) is 0 Å². The summed E-state index contributed by atoms with van der Waals surface area (Å²) in [6.07, 6.45) is 2.49. The SMILES string of the molecule is CC1(C)CC(=O)C2=C(C1)NC1=C(C(=O)CC(C)(C)C1)C2c1ccccc1OCc1ccccc1Cl. The Balaban J connectivity index is 1.62. The van der Waals surface area contributed by atoms with Crippen molar-refractivity contribution in [2.45, 2.75) is 65.9 Å². The molecule has 0 saturated heterocycles. The molecule has 4 nitrogen and oxygen atoms in total. The summed E-state index contributed by atoms with van der Waals surface area (Å²) in [7, 11) is 0. The van der Waals surface area contributed by atoms with E-state index in [4.69, 9.17) is 16.3 Å². The Bertz CT molecular complexity index is 1230. The van der Waals surface area contributed by atoms with Crippen LogP contribution >= 0.6 is 11.6 Å². The number of hydrogen-bond acceptors (Lipinski definition) is 4. The minimum absolute atomic E-state index is 0.110. The Morgan fingerprint density at radius 2 is 1.37 bits per heavy atom. The molecule has 1 N–H and O–H groups in total. The van der Waals surface area contributed by atoms with Gasteiger partial charge in [-0.3, -0.25) is 9.59 Å². The van der Waals surface area contributed by atoms with E-state index in [9.17, 15) is 9.59 Å². The van der Waals surface area contributed by atoms with Crippen molar-refractivity contribution in [3.05, 3.63) is 87.2 Å². The van der Waals surface area contributed by atoms with Gasteiger partial charge >= 0.3 is 0 Å². The van der Waals surface area contributed by atoms with Crippen LogP contribution in [0, 0.1) is 10.8 Å². The van der Waals surface area contributed by atoms with E-state index in [1.807, 2.05) is 48.5 Å². The number of nitrogens with one attached hydrogen (secondary N) is 1. The van der Waals surface area contributed by atoms with Gasteiger partial charge in [0.05, 0.1) is 0 Å². The summed E-state index contributed by atoms with van der Waals surface area (Å²) in [4.78, 5) is 27.2. The lowest BCUT2D eigenvalue weighted by atomic mass is 9.64. The maximum absolute atomic E-state index is 13.6. The van der Waals surface area contributed by atoms with Gasteiger partial charge in [0.15, 0.2) is 11.6 Å². The van der Waals surface area contributed by atoms with Gasteiger partial charge in [0.25, 0.3) is 0 Å². The molecule has 0 fully saturated rings. The molecule has 1 heterocycles. The smallest absolute Gasteiger partial charge is 0.162 e. The average molecular weight is 490 g/mol. The minimum atomic E-state index is -0.420. The fraction of sp³-hybridized carbons (Fsp3) is 0.400. The third kappa shape index (κ3) is 4.56. The minimum Gasteiger partial charge on any atom is -0.489 e. The van der Waals surface area contributed by atoms with Gasteiger partial charge in [0, 0.05) is 57.4 Å². The number of dihydropyridines is 1. The van der Waals surface area contributed by atoms with E-state index >= 15 is 0 Å². The summed E-state index contributed by atoms with van der Waals surface area (Å²) in [6, 6.07) is 15.4. The van der Waals surface area contributed by atoms with E-state index in [0.717, 1.165) is 46.5 Å². The van der Waals surface area contributed by atoms with Gasteiger partial charge in [-0.05, 0) is 35.8 Å². The Kier molecular flexibility index (Phi) is 5.91. The number of carbonyl (C=O) groups excluding carboxylic acids is 2. The number of para-hydroxylation sites is 1. The van der Waals surface area contributed by atoms with Gasteiger partial charge < -0.3 is 10.1 Å². The first kappa shape index (κ1) is 23.9. The number of hydrogen-bond donors (Lipinski definition) is 1. The number of halogens is 1. The molecule has 182 valence electrons. The van der Waals surface area contributed by atoms with Crippen molar-refractivity contribution in [3.63, 3.8) is 0 Å². The second-order valence-electron chi connectivity index (χ2n) is 11.6. The van der Waals surface area contributed by atoms with Crippen LogP contribution in [0.5, 0.6) is 5.75 Å². The highest BCUT2D eigenvalue weighted by Gasteiger charge is 2.47. The molecule has 0 atom stereocenters. The Morgan fingerprint density at radius 3 is 1.97 bits per heavy atom. The third-order valence-electron chi connectivity index (χ3n) is 7.29. The molecule has 0 bridgehead atoms. The lowest BCUT2D eigenvalue weighted by molar-refractivity contribution is -0.119. The number of ketones is 2. The normalized spacial score (nSPS) is 21.4. The molecule has 0 aromatic heterocycles. The van der Waals surface area contributed by atoms with Crippen molar-refractivity contribution in [1.82, 2.24) is 5.32 Å². The van der Waals surface area contributed by atoms with E-state index in [2.05, 4.69) is 33.0 Å². The summed E-state index contributed by atoms with van der Waals surface area (Å²) < 4.78 is 6.30. The zero-order valence-electron chi connectivity index (χ0n) is 20.8. The fourth-order valence-corrected chi connectivity index (χ4v) is 6.01. The summed E-state index contributed by atoms with van der Waals surface area (Å²) >= 11 is 6.36. The molecule has 2 aromatic carbocycles. The number of ether oxygens (including phenoxy) is 1. The van der Waals surface area contributed by atoms with E-state index < -0.39 is 5.92 Å². The van der Waals surface area contributed by atoms with Crippen LogP contribution in [-0.4, -0.2) is 11.6 Å². The predicted octanol–water partition coefficient (Wildman–Crippen LogP) is 6.89. The van der Waals surface area contributed by atoms with Crippen LogP contribution in [0.4, 0.5) is 0 Å². The van der Waals surface area contributed by atoms with Gasteiger partial charge in [0.1, 0.15) is 12.4 Å². The van der Waals surface area contributed by atoms with Gasteiger partial charge in [-0.1, -0.05) is 75.7 Å². The van der Waals surface area contributed by atoms with Crippen LogP contribution in [0.15, 0.2) is 71.1 Å². The highest BCUT2D eigenvalue weighted by Crippen LogP contribution is 2.52. The van der Waals surface area contributed by atoms with Crippen molar-refractivity contribution < 1.29 is 14.3 Å². The molecule has 3 aliphatic rings. The van der Waals surface area contributed by atoms with Gasteiger partial charge in [-0.2, -0.15) is 0 Å². The van der Waals surface area contributed by atoms with Crippen LogP contribution < -0.4 is 10.1 Å². The van der Waals surface area contributed by atoms with Crippen molar-refractivity contribution in [1.29, 1.82) is 0 Å². The molecular weight excluding hydrogens is 458 g/mol. The predicted molar refractivity (Wildman–Crippen MR) is 138 cm³/mol. The van der Waals surface area contributed by atoms with Crippen LogP contribution in [-0.2, 0) is 16.2 Å². The van der Waals surface area contributed by atoms with Gasteiger partial charge in [0.2, 0.25) is 0 Å². The van der Waals surface area contributed by atoms with E-state index in [-0.39, 0.29) is 22.4 Å². The number of rotatable bonds is 4. The fourth-order valence-electron chi connectivity index (χ4n) is 5.82. The maximum atomic E-state index is 13.6. The first-order valence-corrected chi connectivity index (χ1v) is 12.7. The molecule has 2 aliphatic carbocycles. The largest absolute Gasteiger partial charge is 0.489 e. The molecule has 0 radical (unpaired) electrons. The van der Waals surface area contributed by atoms with E-state index in [0.29, 0.717) is 30.2 Å². The van der Waals surface area contributed by atoms with Crippen molar-refractivity contribution in [3.8, 4) is 5.75 Å². The molecule has 5 heteroatoms. The van der Waals surface area contributed by atoms with Gasteiger partial charge in [-0.25, -0.2) is 0 Å². The Labute approximate surface area is 212 Å². The van der Waals surface area contributed by atoms with E-state index in [1.165, 1.54) is 0 Å². The Morgan fingerprint density at radius 1 is 0.829 bits per heavy atom.